The summed E-state index contributed by atoms with van der Waals surface area (Å²) in [4.78, 5) is 14.7. The molecule has 198 valence electrons. The van der Waals surface area contributed by atoms with Crippen LogP contribution in [0.2, 0.25) is 0 Å². The number of rotatable bonds is 3. The molecule has 6 heteroatoms. The second-order valence-corrected chi connectivity index (χ2v) is 10.4. The van der Waals surface area contributed by atoms with Crippen LogP contribution in [0.4, 0.5) is 0 Å². The van der Waals surface area contributed by atoms with Crippen LogP contribution >= 0.6 is 0 Å². The first-order chi connectivity index (χ1) is 20.8. The first-order valence-corrected chi connectivity index (χ1v) is 13.8. The molecular weight excluding hydrogens is 520 g/mol. The number of aromatic nitrogens is 1. The van der Waals surface area contributed by atoms with Gasteiger partial charge in [-0.3, -0.25) is 9.98 Å². The summed E-state index contributed by atoms with van der Waals surface area (Å²) >= 11 is 0. The van der Waals surface area contributed by atoms with E-state index in [0.29, 0.717) is 17.3 Å². The zero-order chi connectivity index (χ0) is 27.6. The van der Waals surface area contributed by atoms with Crippen LogP contribution in [0.1, 0.15) is 22.9 Å². The molecule has 4 heterocycles. The smallest absolute Gasteiger partial charge is 0.154 e. The van der Waals surface area contributed by atoms with Crippen molar-refractivity contribution in [1.29, 1.82) is 0 Å². The largest absolute Gasteiger partial charge is 0.456 e. The van der Waals surface area contributed by atoms with E-state index in [1.54, 1.807) is 6.20 Å². The highest BCUT2D eigenvalue weighted by molar-refractivity contribution is 6.24. The fourth-order valence-corrected chi connectivity index (χ4v) is 6.01. The van der Waals surface area contributed by atoms with Gasteiger partial charge in [-0.25, -0.2) is 0 Å². The summed E-state index contributed by atoms with van der Waals surface area (Å²) < 4.78 is 12.5. The number of benzene rings is 5. The summed E-state index contributed by atoms with van der Waals surface area (Å²) in [7, 11) is 0. The molecular formula is C36H21N4O2-. The average Bonchev–Trinajstić information content (AvgIpc) is 3.61. The minimum atomic E-state index is -0.579. The van der Waals surface area contributed by atoms with Crippen molar-refractivity contribution in [3.63, 3.8) is 0 Å². The molecule has 3 aromatic heterocycles. The number of amidine groups is 2. The van der Waals surface area contributed by atoms with Crippen LogP contribution in [0.3, 0.4) is 0 Å². The summed E-state index contributed by atoms with van der Waals surface area (Å²) in [5.74, 6) is 1.21. The molecule has 1 unspecified atom stereocenters. The van der Waals surface area contributed by atoms with E-state index in [1.807, 2.05) is 72.9 Å². The second-order valence-electron chi connectivity index (χ2n) is 10.4. The van der Waals surface area contributed by atoms with Gasteiger partial charge in [0, 0.05) is 38.9 Å². The number of para-hydroxylation sites is 1. The Morgan fingerprint density at radius 2 is 1.36 bits per heavy atom. The topological polar surface area (TPSA) is 78.0 Å². The van der Waals surface area contributed by atoms with Crippen LogP contribution in [0, 0.1) is 0 Å². The van der Waals surface area contributed by atoms with Crippen molar-refractivity contribution in [2.45, 2.75) is 6.17 Å². The highest BCUT2D eigenvalue weighted by atomic mass is 16.3. The van der Waals surface area contributed by atoms with E-state index < -0.39 is 6.17 Å². The standard InChI is InChI=1S/C36H21N4O2/c1-2-9-21(10-3-1)34-38-35(25-14-8-16-29-32(25)24-13-6-7-15-28(24)41-29)40-36(39-34)27-19-37-20-31-33(27)26-17-22-11-4-5-12-23(22)18-30(26)42-31/h1-20,36H/q-1. The Morgan fingerprint density at radius 1 is 0.595 bits per heavy atom. The van der Waals surface area contributed by atoms with Crippen LogP contribution in [0.15, 0.2) is 140 Å². The molecule has 0 amide bonds. The fraction of sp³-hybridized carbons (Fsp3) is 0.0278. The highest BCUT2D eigenvalue weighted by Crippen LogP contribution is 2.41. The Hall–Kier alpha value is -5.75. The lowest BCUT2D eigenvalue weighted by molar-refractivity contribution is 0.666. The van der Waals surface area contributed by atoms with Gasteiger partial charge in [0.1, 0.15) is 16.7 Å². The number of fused-ring (bicyclic) bond motifs is 7. The zero-order valence-electron chi connectivity index (χ0n) is 22.2. The molecule has 9 rings (SSSR count). The van der Waals surface area contributed by atoms with E-state index in [0.717, 1.165) is 65.8 Å². The third kappa shape index (κ3) is 3.48. The Labute approximate surface area is 239 Å². The van der Waals surface area contributed by atoms with Crippen LogP contribution in [-0.2, 0) is 0 Å². The number of aliphatic imine (C=N–C) groups is 2. The van der Waals surface area contributed by atoms with Gasteiger partial charge in [-0.2, -0.15) is 0 Å². The van der Waals surface area contributed by atoms with Crippen molar-refractivity contribution in [2.75, 3.05) is 0 Å². The van der Waals surface area contributed by atoms with Crippen LogP contribution in [0.25, 0.3) is 60.0 Å². The lowest BCUT2D eigenvalue weighted by Crippen LogP contribution is -2.16. The summed E-state index contributed by atoms with van der Waals surface area (Å²) in [6, 6.07) is 36.7. The molecule has 1 atom stereocenters. The summed E-state index contributed by atoms with van der Waals surface area (Å²) in [5.41, 5.74) is 5.82. The van der Waals surface area contributed by atoms with Crippen molar-refractivity contribution in [1.82, 2.24) is 4.98 Å². The molecule has 0 saturated carbocycles. The molecule has 0 saturated heterocycles. The van der Waals surface area contributed by atoms with Crippen molar-refractivity contribution >= 4 is 66.3 Å². The Balaban J connectivity index is 1.30. The van der Waals surface area contributed by atoms with Gasteiger partial charge >= 0.3 is 0 Å². The van der Waals surface area contributed by atoms with Crippen LogP contribution < -0.4 is 0 Å². The summed E-state index contributed by atoms with van der Waals surface area (Å²) in [6.45, 7) is 0. The van der Waals surface area contributed by atoms with Gasteiger partial charge in [-0.05, 0) is 40.6 Å². The van der Waals surface area contributed by atoms with Gasteiger partial charge in [0.15, 0.2) is 5.58 Å². The summed E-state index contributed by atoms with van der Waals surface area (Å²) in [6.07, 6.45) is 3.04. The van der Waals surface area contributed by atoms with Gasteiger partial charge in [0.25, 0.3) is 0 Å². The lowest BCUT2D eigenvalue weighted by Gasteiger charge is -2.32. The SMILES string of the molecule is c1ccc(C2=NC(c3cccc4oc5ccccc5c34)=NC(c3cncc4oc5cc6ccccc6cc5c34)[N-]2)cc1. The third-order valence-corrected chi connectivity index (χ3v) is 7.93. The van der Waals surface area contributed by atoms with E-state index in [2.05, 4.69) is 47.4 Å². The number of furan rings is 2. The first-order valence-electron chi connectivity index (χ1n) is 13.8. The minimum absolute atomic E-state index is 0.579. The Morgan fingerprint density at radius 3 is 2.26 bits per heavy atom. The van der Waals surface area contributed by atoms with E-state index in [-0.39, 0.29) is 0 Å². The molecule has 0 bridgehead atoms. The molecule has 1 aliphatic rings. The quantitative estimate of drug-likeness (QED) is 0.224. The maximum Gasteiger partial charge on any atom is 0.154 e. The number of hydrogen-bond acceptors (Lipinski definition) is 5. The molecule has 0 spiro atoms. The van der Waals surface area contributed by atoms with Gasteiger partial charge in [0.05, 0.1) is 18.2 Å². The third-order valence-electron chi connectivity index (χ3n) is 7.93. The Kier molecular flexibility index (Phi) is 4.86. The average molecular weight is 542 g/mol. The van der Waals surface area contributed by atoms with Crippen LogP contribution in [-0.4, -0.2) is 16.7 Å². The molecule has 0 fully saturated rings. The van der Waals surface area contributed by atoms with Gasteiger partial charge in [0.2, 0.25) is 0 Å². The predicted molar refractivity (Wildman–Crippen MR) is 168 cm³/mol. The van der Waals surface area contributed by atoms with Gasteiger partial charge in [-0.15, -0.1) is 0 Å². The van der Waals surface area contributed by atoms with Crippen molar-refractivity contribution in [3.8, 4) is 0 Å². The maximum atomic E-state index is 6.32. The van der Waals surface area contributed by atoms with E-state index in [4.69, 9.17) is 24.1 Å². The molecule has 0 radical (unpaired) electrons. The number of nitrogens with zero attached hydrogens (tertiary/aromatic N) is 4. The fourth-order valence-electron chi connectivity index (χ4n) is 6.01. The monoisotopic (exact) mass is 541 g/mol. The molecule has 5 aromatic carbocycles. The van der Waals surface area contributed by atoms with Gasteiger partial charge in [-0.1, -0.05) is 90.8 Å². The summed E-state index contributed by atoms with van der Waals surface area (Å²) in [5, 5.41) is 11.3. The van der Waals surface area contributed by atoms with Crippen molar-refractivity contribution in [2.24, 2.45) is 9.98 Å². The Bertz CT molecular complexity index is 2400. The molecule has 42 heavy (non-hydrogen) atoms. The number of pyridine rings is 1. The van der Waals surface area contributed by atoms with E-state index >= 15 is 0 Å². The normalized spacial score (nSPS) is 15.4. The molecule has 0 N–H and O–H groups in total. The molecule has 1 aliphatic heterocycles. The van der Waals surface area contributed by atoms with E-state index in [1.165, 1.54) is 0 Å². The maximum absolute atomic E-state index is 6.32. The minimum Gasteiger partial charge on any atom is -0.456 e. The second kappa shape index (κ2) is 8.88. The number of hydrogen-bond donors (Lipinski definition) is 0. The lowest BCUT2D eigenvalue weighted by atomic mass is 10.0. The molecule has 8 aromatic rings. The molecule has 0 aliphatic carbocycles. The van der Waals surface area contributed by atoms with Gasteiger partial charge < -0.3 is 19.1 Å². The zero-order valence-corrected chi connectivity index (χ0v) is 22.2. The highest BCUT2D eigenvalue weighted by Gasteiger charge is 2.21. The van der Waals surface area contributed by atoms with Crippen molar-refractivity contribution in [3.05, 3.63) is 144 Å². The molecule has 6 nitrogen and oxygen atoms in total. The first kappa shape index (κ1) is 23.0. The predicted octanol–water partition coefficient (Wildman–Crippen LogP) is 9.31. The van der Waals surface area contributed by atoms with Crippen LogP contribution in [0.5, 0.6) is 0 Å². The van der Waals surface area contributed by atoms with Crippen molar-refractivity contribution < 1.29 is 8.83 Å². The van der Waals surface area contributed by atoms with E-state index in [9.17, 15) is 0 Å².